The van der Waals surface area contributed by atoms with Crippen molar-refractivity contribution in [1.29, 1.82) is 0 Å². The molecule has 0 saturated carbocycles. The average molecular weight is 376 g/mol. The van der Waals surface area contributed by atoms with Gasteiger partial charge in [0, 0.05) is 21.3 Å². The largest absolute Gasteiger partial charge is 0.253 e. The molecule has 3 aromatic rings. The summed E-state index contributed by atoms with van der Waals surface area (Å²) < 4.78 is 1.12. The fourth-order valence-electron chi connectivity index (χ4n) is 2.16. The maximum atomic E-state index is 4.16. The van der Waals surface area contributed by atoms with Crippen LogP contribution in [-0.2, 0) is 5.75 Å². The Hall–Kier alpha value is -1.10. The predicted octanol–water partition coefficient (Wildman–Crippen LogP) is 5.93. The van der Waals surface area contributed by atoms with E-state index in [9.17, 15) is 0 Å². The minimum absolute atomic E-state index is 0.339. The average Bonchev–Trinajstić information content (AvgIpc) is 3.02. The second kappa shape index (κ2) is 7.25. The maximum absolute atomic E-state index is 4.16. The smallest absolute Gasteiger partial charge is 0.0794 e. The molecule has 0 aliphatic carbocycles. The molecule has 1 aromatic heterocycles. The first kappa shape index (κ1) is 14.8. The number of halogens is 1. The van der Waals surface area contributed by atoms with Crippen molar-refractivity contribution in [2.24, 2.45) is 0 Å². The highest BCUT2D eigenvalue weighted by Gasteiger charge is 2.15. The summed E-state index contributed by atoms with van der Waals surface area (Å²) in [5.41, 5.74) is 4.56. The molecule has 0 fully saturated rings. The van der Waals surface area contributed by atoms with Crippen LogP contribution in [0.15, 0.2) is 70.8 Å². The van der Waals surface area contributed by atoms with Crippen LogP contribution in [0.4, 0.5) is 0 Å². The first-order valence-corrected chi connectivity index (χ1v) is 9.34. The zero-order valence-electron chi connectivity index (χ0n) is 11.3. The van der Waals surface area contributed by atoms with Gasteiger partial charge in [-0.05, 0) is 23.3 Å². The van der Waals surface area contributed by atoms with Gasteiger partial charge < -0.3 is 0 Å². The number of hydrogen-bond donors (Lipinski definition) is 0. The lowest BCUT2D eigenvalue weighted by molar-refractivity contribution is 1.15. The van der Waals surface area contributed by atoms with Crippen molar-refractivity contribution in [2.45, 2.75) is 11.0 Å². The fraction of sp³-hybridized carbons (Fsp3) is 0.118. The Kier molecular flexibility index (Phi) is 5.12. The lowest BCUT2D eigenvalue weighted by Crippen LogP contribution is -1.97. The van der Waals surface area contributed by atoms with Gasteiger partial charge in [0.05, 0.1) is 10.8 Å². The Balaban J connectivity index is 1.87. The molecule has 0 aliphatic heterocycles. The molecule has 106 valence electrons. The number of benzene rings is 2. The highest BCUT2D eigenvalue weighted by molar-refractivity contribution is 9.10. The van der Waals surface area contributed by atoms with Crippen LogP contribution in [0.5, 0.6) is 0 Å². The van der Waals surface area contributed by atoms with Crippen molar-refractivity contribution < 1.29 is 0 Å². The summed E-state index contributed by atoms with van der Waals surface area (Å²) in [5, 5.41) is 0.339. The van der Waals surface area contributed by atoms with Gasteiger partial charge >= 0.3 is 0 Å². The lowest BCUT2D eigenvalue weighted by Gasteiger charge is -2.17. The molecule has 21 heavy (non-hydrogen) atoms. The van der Waals surface area contributed by atoms with Crippen LogP contribution in [0, 0.1) is 0 Å². The van der Waals surface area contributed by atoms with Crippen molar-refractivity contribution in [3.05, 3.63) is 86.8 Å². The Labute approximate surface area is 141 Å². The Morgan fingerprint density at radius 2 is 1.86 bits per heavy atom. The molecule has 0 bridgehead atoms. The molecule has 0 N–H and O–H groups in total. The summed E-state index contributed by atoms with van der Waals surface area (Å²) in [4.78, 5) is 5.47. The number of rotatable bonds is 5. The van der Waals surface area contributed by atoms with E-state index in [4.69, 9.17) is 0 Å². The van der Waals surface area contributed by atoms with Gasteiger partial charge in [0.2, 0.25) is 0 Å². The molecule has 0 unspecified atom stereocenters. The summed E-state index contributed by atoms with van der Waals surface area (Å²) in [5.74, 6) is 0.983. The molecule has 1 nitrogen and oxygen atoms in total. The molecule has 0 spiro atoms. The molecule has 0 saturated heterocycles. The van der Waals surface area contributed by atoms with Crippen LogP contribution >= 0.6 is 39.0 Å². The van der Waals surface area contributed by atoms with Crippen LogP contribution in [0.25, 0.3) is 0 Å². The number of thiazole rings is 1. The second-order valence-corrected chi connectivity index (χ2v) is 7.60. The first-order chi connectivity index (χ1) is 10.3. The number of thioether (sulfide) groups is 1. The van der Waals surface area contributed by atoms with Gasteiger partial charge in [-0.1, -0.05) is 58.4 Å². The third-order valence-corrected chi connectivity index (χ3v) is 5.94. The zero-order chi connectivity index (χ0) is 14.5. The standard InChI is InChI=1S/C17H14BrNS2/c18-15-8-4-7-14(9-15)17(13-5-2-1-3-6-13)20-11-16-10-19-12-21-16/h1-10,12,17H,11H2/t17-/m1/s1. The fourth-order valence-corrected chi connectivity index (χ4v) is 4.53. The van der Waals surface area contributed by atoms with E-state index in [0.29, 0.717) is 5.25 Å². The van der Waals surface area contributed by atoms with Gasteiger partial charge in [0.1, 0.15) is 0 Å². The highest BCUT2D eigenvalue weighted by Crippen LogP contribution is 2.38. The van der Waals surface area contributed by atoms with Crippen LogP contribution in [-0.4, -0.2) is 4.98 Å². The molecule has 2 aromatic carbocycles. The van der Waals surface area contributed by atoms with Gasteiger partial charge in [-0.25, -0.2) is 0 Å². The van der Waals surface area contributed by atoms with Crippen LogP contribution < -0.4 is 0 Å². The quantitative estimate of drug-likeness (QED) is 0.548. The Morgan fingerprint density at radius 3 is 2.57 bits per heavy atom. The third kappa shape index (κ3) is 3.96. The Morgan fingerprint density at radius 1 is 1.05 bits per heavy atom. The van der Waals surface area contributed by atoms with E-state index in [2.05, 4.69) is 75.5 Å². The molecule has 1 heterocycles. The SMILES string of the molecule is Brc1cccc([C@H](SCc2cncs2)c2ccccc2)c1. The number of aromatic nitrogens is 1. The van der Waals surface area contributed by atoms with Gasteiger partial charge in [-0.3, -0.25) is 4.98 Å². The molecule has 3 rings (SSSR count). The van der Waals surface area contributed by atoms with Crippen LogP contribution in [0.2, 0.25) is 0 Å². The van der Waals surface area contributed by atoms with Crippen molar-refractivity contribution in [3.63, 3.8) is 0 Å². The van der Waals surface area contributed by atoms with E-state index in [-0.39, 0.29) is 0 Å². The number of nitrogens with zero attached hydrogens (tertiary/aromatic N) is 1. The van der Waals surface area contributed by atoms with Crippen molar-refractivity contribution in [3.8, 4) is 0 Å². The summed E-state index contributed by atoms with van der Waals surface area (Å²) in [6.07, 6.45) is 1.96. The van der Waals surface area contributed by atoms with Crippen molar-refractivity contribution >= 4 is 39.0 Å². The monoisotopic (exact) mass is 375 g/mol. The van der Waals surface area contributed by atoms with Crippen LogP contribution in [0.1, 0.15) is 21.3 Å². The van der Waals surface area contributed by atoms with E-state index in [1.54, 1.807) is 11.3 Å². The minimum Gasteiger partial charge on any atom is -0.253 e. The third-order valence-electron chi connectivity index (χ3n) is 3.13. The van der Waals surface area contributed by atoms with E-state index in [1.165, 1.54) is 16.0 Å². The van der Waals surface area contributed by atoms with E-state index in [1.807, 2.05) is 23.5 Å². The van der Waals surface area contributed by atoms with Gasteiger partial charge in [-0.2, -0.15) is 0 Å². The minimum atomic E-state index is 0.339. The molecule has 0 radical (unpaired) electrons. The van der Waals surface area contributed by atoms with Crippen LogP contribution in [0.3, 0.4) is 0 Å². The molecular formula is C17H14BrNS2. The van der Waals surface area contributed by atoms with Crippen molar-refractivity contribution in [2.75, 3.05) is 0 Å². The normalized spacial score (nSPS) is 12.2. The first-order valence-electron chi connectivity index (χ1n) is 6.62. The van der Waals surface area contributed by atoms with E-state index in [0.717, 1.165) is 10.2 Å². The molecule has 0 aliphatic rings. The summed E-state index contributed by atoms with van der Waals surface area (Å²) >= 11 is 7.24. The van der Waals surface area contributed by atoms with Gasteiger partial charge in [0.25, 0.3) is 0 Å². The maximum Gasteiger partial charge on any atom is 0.0794 e. The lowest BCUT2D eigenvalue weighted by atomic mass is 10.0. The predicted molar refractivity (Wildman–Crippen MR) is 95.8 cm³/mol. The molecule has 1 atom stereocenters. The topological polar surface area (TPSA) is 12.9 Å². The highest BCUT2D eigenvalue weighted by atomic mass is 79.9. The molecular weight excluding hydrogens is 362 g/mol. The van der Waals surface area contributed by atoms with Crippen molar-refractivity contribution in [1.82, 2.24) is 4.98 Å². The Bertz CT molecular complexity index is 683. The zero-order valence-corrected chi connectivity index (χ0v) is 14.5. The van der Waals surface area contributed by atoms with E-state index >= 15 is 0 Å². The summed E-state index contributed by atoms with van der Waals surface area (Å²) in [6.45, 7) is 0. The van der Waals surface area contributed by atoms with Gasteiger partial charge in [0.15, 0.2) is 0 Å². The summed E-state index contributed by atoms with van der Waals surface area (Å²) in [6, 6.07) is 19.2. The second-order valence-electron chi connectivity index (χ2n) is 4.62. The van der Waals surface area contributed by atoms with E-state index < -0.39 is 0 Å². The molecule has 0 amide bonds. The molecule has 4 heteroatoms. The summed E-state index contributed by atoms with van der Waals surface area (Å²) in [7, 11) is 0. The number of hydrogen-bond acceptors (Lipinski definition) is 3. The van der Waals surface area contributed by atoms with Gasteiger partial charge in [-0.15, -0.1) is 23.1 Å².